The van der Waals surface area contributed by atoms with Gasteiger partial charge in [0.15, 0.2) is 0 Å². The Morgan fingerprint density at radius 3 is 2.75 bits per heavy atom. The molecule has 0 aliphatic heterocycles. The molecule has 1 aromatic heterocycles. The highest BCUT2D eigenvalue weighted by Crippen LogP contribution is 2.15. The number of rotatable bonds is 5. The number of aromatic nitrogens is 1. The third kappa shape index (κ3) is 3.15. The monoisotopic (exact) mass is 233 g/mol. The van der Waals surface area contributed by atoms with E-state index in [2.05, 4.69) is 22.5 Å². The summed E-state index contributed by atoms with van der Waals surface area (Å²) in [6, 6.07) is 10.4. The molecule has 84 valence electrons. The molecule has 2 aromatic rings. The van der Waals surface area contributed by atoms with Crippen molar-refractivity contribution in [1.82, 2.24) is 4.98 Å². The first-order valence-electron chi connectivity index (χ1n) is 5.46. The number of hydrogen-bond acceptors (Lipinski definition) is 3. The molecular weight excluding hydrogens is 218 g/mol. The van der Waals surface area contributed by atoms with E-state index in [1.807, 2.05) is 18.2 Å². The Morgan fingerprint density at radius 2 is 2.00 bits per heavy atom. The van der Waals surface area contributed by atoms with Crippen LogP contribution < -0.4 is 0 Å². The van der Waals surface area contributed by atoms with E-state index in [0.717, 1.165) is 30.0 Å². The maximum absolute atomic E-state index is 8.75. The molecule has 2 nitrogen and oxygen atoms in total. The number of aliphatic hydroxyl groups excluding tert-OH is 1. The summed E-state index contributed by atoms with van der Waals surface area (Å²) in [5.74, 6) is 0. The van der Waals surface area contributed by atoms with Gasteiger partial charge in [0.2, 0.25) is 0 Å². The highest BCUT2D eigenvalue weighted by molar-refractivity contribution is 7.09. The van der Waals surface area contributed by atoms with E-state index >= 15 is 0 Å². The van der Waals surface area contributed by atoms with Crippen molar-refractivity contribution < 1.29 is 5.11 Å². The highest BCUT2D eigenvalue weighted by Gasteiger charge is 2.02. The van der Waals surface area contributed by atoms with E-state index in [9.17, 15) is 0 Å². The number of hydrogen-bond donors (Lipinski definition) is 1. The molecule has 0 saturated carbocycles. The van der Waals surface area contributed by atoms with Gasteiger partial charge in [-0.3, -0.25) is 0 Å². The van der Waals surface area contributed by atoms with Crippen LogP contribution in [0.25, 0.3) is 0 Å². The van der Waals surface area contributed by atoms with Crippen LogP contribution in [0.2, 0.25) is 0 Å². The first kappa shape index (κ1) is 11.3. The number of aryl methyl sites for hydroxylation is 1. The fourth-order valence-electron chi connectivity index (χ4n) is 1.58. The minimum absolute atomic E-state index is 0.244. The average Bonchev–Trinajstić information content (AvgIpc) is 2.75. The van der Waals surface area contributed by atoms with Gasteiger partial charge < -0.3 is 5.11 Å². The molecule has 0 bridgehead atoms. The molecule has 0 saturated heterocycles. The molecule has 1 aromatic carbocycles. The molecule has 2 rings (SSSR count). The van der Waals surface area contributed by atoms with Crippen molar-refractivity contribution >= 4 is 11.3 Å². The Morgan fingerprint density at radius 1 is 1.19 bits per heavy atom. The normalized spacial score (nSPS) is 10.6. The minimum atomic E-state index is 0.244. The summed E-state index contributed by atoms with van der Waals surface area (Å²) in [5.41, 5.74) is 2.42. The van der Waals surface area contributed by atoms with Crippen LogP contribution in [0.1, 0.15) is 22.7 Å². The molecule has 0 radical (unpaired) electrons. The second-order valence-electron chi connectivity index (χ2n) is 3.72. The summed E-state index contributed by atoms with van der Waals surface area (Å²) in [7, 11) is 0. The molecule has 0 atom stereocenters. The zero-order valence-corrected chi connectivity index (χ0v) is 9.91. The van der Waals surface area contributed by atoms with Crippen molar-refractivity contribution in [2.45, 2.75) is 19.3 Å². The predicted molar refractivity (Wildman–Crippen MR) is 66.8 cm³/mol. The Hall–Kier alpha value is -1.19. The smallest absolute Gasteiger partial charge is 0.0929 e. The van der Waals surface area contributed by atoms with E-state index in [1.54, 1.807) is 11.3 Å². The van der Waals surface area contributed by atoms with Gasteiger partial charge >= 0.3 is 0 Å². The van der Waals surface area contributed by atoms with Gasteiger partial charge in [0.1, 0.15) is 0 Å². The van der Waals surface area contributed by atoms with Crippen molar-refractivity contribution in [3.8, 4) is 0 Å². The lowest BCUT2D eigenvalue weighted by molar-refractivity contribution is 0.288. The second kappa shape index (κ2) is 5.77. The molecule has 0 amide bonds. The van der Waals surface area contributed by atoms with Gasteiger partial charge in [-0.2, -0.15) is 0 Å². The van der Waals surface area contributed by atoms with E-state index < -0.39 is 0 Å². The number of benzene rings is 1. The zero-order chi connectivity index (χ0) is 11.2. The summed E-state index contributed by atoms with van der Waals surface area (Å²) < 4.78 is 0. The number of aliphatic hydroxyl groups is 1. The zero-order valence-electron chi connectivity index (χ0n) is 9.10. The van der Waals surface area contributed by atoms with Crippen LogP contribution in [0, 0.1) is 0 Å². The van der Waals surface area contributed by atoms with E-state index in [1.165, 1.54) is 5.56 Å². The predicted octanol–water partition coefficient (Wildman–Crippen LogP) is 2.66. The van der Waals surface area contributed by atoms with E-state index in [-0.39, 0.29) is 6.61 Å². The summed E-state index contributed by atoms with van der Waals surface area (Å²) in [5, 5.41) is 12.0. The van der Waals surface area contributed by atoms with E-state index in [4.69, 9.17) is 5.11 Å². The first-order valence-corrected chi connectivity index (χ1v) is 6.34. The standard InChI is InChI=1S/C13H15NOS/c15-8-4-7-13-14-12(10-16-13)9-11-5-2-1-3-6-11/h1-3,5-6,10,15H,4,7-9H2. The fourth-order valence-corrected chi connectivity index (χ4v) is 2.42. The highest BCUT2D eigenvalue weighted by atomic mass is 32.1. The fraction of sp³-hybridized carbons (Fsp3) is 0.308. The van der Waals surface area contributed by atoms with Gasteiger partial charge in [0, 0.05) is 24.8 Å². The van der Waals surface area contributed by atoms with E-state index in [0.29, 0.717) is 0 Å². The van der Waals surface area contributed by atoms with Gasteiger partial charge in [-0.15, -0.1) is 11.3 Å². The van der Waals surface area contributed by atoms with Gasteiger partial charge in [-0.25, -0.2) is 4.98 Å². The molecule has 0 fully saturated rings. The second-order valence-corrected chi connectivity index (χ2v) is 4.66. The SMILES string of the molecule is OCCCc1nc(Cc2ccccc2)cs1. The Kier molecular flexibility index (Phi) is 4.08. The van der Waals surface area contributed by atoms with Crippen LogP contribution in [0.15, 0.2) is 35.7 Å². The van der Waals surface area contributed by atoms with Gasteiger partial charge in [-0.1, -0.05) is 30.3 Å². The molecule has 0 spiro atoms. The van der Waals surface area contributed by atoms with Gasteiger partial charge in [0.25, 0.3) is 0 Å². The molecule has 3 heteroatoms. The summed E-state index contributed by atoms with van der Waals surface area (Å²) in [4.78, 5) is 4.55. The third-order valence-electron chi connectivity index (χ3n) is 2.38. The lowest BCUT2D eigenvalue weighted by Crippen LogP contribution is -1.91. The van der Waals surface area contributed by atoms with Crippen LogP contribution in [0.4, 0.5) is 0 Å². The minimum Gasteiger partial charge on any atom is -0.396 e. The average molecular weight is 233 g/mol. The van der Waals surface area contributed by atoms with Crippen molar-refractivity contribution in [2.75, 3.05) is 6.61 Å². The molecular formula is C13H15NOS. The Labute approximate surface area is 99.6 Å². The third-order valence-corrected chi connectivity index (χ3v) is 3.33. The molecule has 0 aliphatic rings. The first-order chi connectivity index (χ1) is 7.88. The number of thiazole rings is 1. The van der Waals surface area contributed by atoms with Crippen LogP contribution >= 0.6 is 11.3 Å². The Balaban J connectivity index is 1.97. The lowest BCUT2D eigenvalue weighted by atomic mass is 10.1. The lowest BCUT2D eigenvalue weighted by Gasteiger charge is -1.96. The van der Waals surface area contributed by atoms with Gasteiger partial charge in [0.05, 0.1) is 10.7 Å². The summed E-state index contributed by atoms with van der Waals surface area (Å²) in [6.07, 6.45) is 2.59. The molecule has 1 heterocycles. The van der Waals surface area contributed by atoms with Crippen LogP contribution in [-0.2, 0) is 12.8 Å². The Bertz CT molecular complexity index is 425. The number of nitrogens with zero attached hydrogens (tertiary/aromatic N) is 1. The molecule has 0 aliphatic carbocycles. The maximum atomic E-state index is 8.75. The van der Waals surface area contributed by atoms with Crippen molar-refractivity contribution in [1.29, 1.82) is 0 Å². The quantitative estimate of drug-likeness (QED) is 0.861. The summed E-state index contributed by atoms with van der Waals surface area (Å²) in [6.45, 7) is 0.244. The largest absolute Gasteiger partial charge is 0.396 e. The topological polar surface area (TPSA) is 33.1 Å². The van der Waals surface area contributed by atoms with Crippen molar-refractivity contribution in [3.05, 3.63) is 52.0 Å². The van der Waals surface area contributed by atoms with Crippen molar-refractivity contribution in [3.63, 3.8) is 0 Å². The molecule has 16 heavy (non-hydrogen) atoms. The maximum Gasteiger partial charge on any atom is 0.0929 e. The van der Waals surface area contributed by atoms with Gasteiger partial charge in [-0.05, 0) is 12.0 Å². The molecule has 0 unspecified atom stereocenters. The summed E-state index contributed by atoms with van der Waals surface area (Å²) >= 11 is 1.69. The van der Waals surface area contributed by atoms with Crippen LogP contribution in [0.5, 0.6) is 0 Å². The molecule has 1 N–H and O–H groups in total. The van der Waals surface area contributed by atoms with Crippen LogP contribution in [0.3, 0.4) is 0 Å². The van der Waals surface area contributed by atoms with Crippen LogP contribution in [-0.4, -0.2) is 16.7 Å². The van der Waals surface area contributed by atoms with Crippen molar-refractivity contribution in [2.24, 2.45) is 0 Å².